The molecule has 0 spiro atoms. The Labute approximate surface area is 292 Å². The van der Waals surface area contributed by atoms with Crippen molar-refractivity contribution in [2.24, 2.45) is 11.8 Å². The minimum absolute atomic E-state index is 0.155. The van der Waals surface area contributed by atoms with E-state index in [-0.39, 0.29) is 11.6 Å². The average molecular weight is 821 g/mol. The van der Waals surface area contributed by atoms with Crippen LogP contribution in [-0.2, 0) is 11.2 Å². The molecule has 0 atom stereocenters. The summed E-state index contributed by atoms with van der Waals surface area (Å²) in [6, 6.07) is 5.31. The van der Waals surface area contributed by atoms with E-state index >= 15 is 0 Å². The summed E-state index contributed by atoms with van der Waals surface area (Å²) in [7, 11) is 0. The molecular weight excluding hydrogens is 793 g/mol. The molecule has 23 heteroatoms. The second kappa shape index (κ2) is 14.8. The lowest BCUT2D eigenvalue weighted by molar-refractivity contribution is -0.470. The molecule has 0 bridgehead atoms. The number of esters is 1. The van der Waals surface area contributed by atoms with Gasteiger partial charge in [-0.25, -0.2) is 9.97 Å². The third-order valence-electron chi connectivity index (χ3n) is 8.82. The first-order valence-electron chi connectivity index (χ1n) is 15.6. The van der Waals surface area contributed by atoms with Crippen LogP contribution in [0.2, 0.25) is 0 Å². The van der Waals surface area contributed by atoms with Crippen molar-refractivity contribution in [3.63, 3.8) is 0 Å². The van der Waals surface area contributed by atoms with Crippen molar-refractivity contribution in [1.82, 2.24) is 9.97 Å². The predicted molar refractivity (Wildman–Crippen MR) is 147 cm³/mol. The number of hydrogen-bond acceptors (Lipinski definition) is 4. The molecule has 1 aromatic carbocycles. The number of unbranched alkanes of at least 4 members (excludes halogenated alkanes) is 2. The molecule has 306 valence electrons. The molecule has 0 unspecified atom stereocenters. The Bertz CT molecular complexity index is 1580. The number of carbonyl (C=O) groups excluding carboxylic acids is 1. The van der Waals surface area contributed by atoms with Crippen molar-refractivity contribution in [3.05, 3.63) is 42.2 Å². The molecule has 0 N–H and O–H groups in total. The van der Waals surface area contributed by atoms with Crippen molar-refractivity contribution in [1.29, 1.82) is 0 Å². The number of aromatic nitrogens is 2. The molecule has 1 aliphatic carbocycles. The molecule has 1 aromatic heterocycles. The van der Waals surface area contributed by atoms with Crippen LogP contribution in [0.4, 0.5) is 83.4 Å². The highest BCUT2D eigenvalue weighted by Crippen LogP contribution is 2.66. The van der Waals surface area contributed by atoms with E-state index in [9.17, 15) is 88.2 Å². The van der Waals surface area contributed by atoms with E-state index in [1.807, 2.05) is 6.92 Å². The molecule has 3 rings (SSSR count). The Hall–Kier alpha value is -3.56. The van der Waals surface area contributed by atoms with Crippen LogP contribution < -0.4 is 4.74 Å². The summed E-state index contributed by atoms with van der Waals surface area (Å²) in [5.41, 5.74) is 1.34. The number of alkyl halides is 19. The molecule has 1 fully saturated rings. The van der Waals surface area contributed by atoms with Gasteiger partial charge in [-0.05, 0) is 68.4 Å². The topological polar surface area (TPSA) is 52.1 Å². The number of halogens is 19. The molecule has 2 aromatic rings. The molecule has 0 saturated heterocycles. The molecule has 1 heterocycles. The maximum absolute atomic E-state index is 14.8. The van der Waals surface area contributed by atoms with Gasteiger partial charge in [0.15, 0.2) is 5.82 Å². The first-order valence-corrected chi connectivity index (χ1v) is 15.6. The Morgan fingerprint density at radius 1 is 0.611 bits per heavy atom. The first kappa shape index (κ1) is 44.8. The monoisotopic (exact) mass is 820 g/mol. The maximum Gasteiger partial charge on any atom is 0.460 e. The van der Waals surface area contributed by atoms with Crippen LogP contribution in [0.1, 0.15) is 57.4 Å². The summed E-state index contributed by atoms with van der Waals surface area (Å²) in [5, 5.41) is 0. The zero-order valence-corrected chi connectivity index (χ0v) is 27.2. The van der Waals surface area contributed by atoms with Crippen LogP contribution in [0.5, 0.6) is 5.75 Å². The first-order chi connectivity index (χ1) is 24.4. The molecule has 54 heavy (non-hydrogen) atoms. The highest BCUT2D eigenvalue weighted by Gasteiger charge is 2.96. The van der Waals surface area contributed by atoms with Gasteiger partial charge in [0.25, 0.3) is 0 Å². The van der Waals surface area contributed by atoms with Gasteiger partial charge in [-0.3, -0.25) is 4.79 Å². The fourth-order valence-electron chi connectivity index (χ4n) is 5.40. The lowest BCUT2D eigenvalue weighted by Crippen LogP contribution is -2.76. The number of nitrogens with zero attached hydrogens (tertiary/aromatic N) is 2. The molecule has 0 aliphatic heterocycles. The minimum atomic E-state index is -8.97. The summed E-state index contributed by atoms with van der Waals surface area (Å²) >= 11 is 0. The fraction of sp³-hybridized carbons (Fsp3) is 0.645. The fourth-order valence-corrected chi connectivity index (χ4v) is 5.40. The van der Waals surface area contributed by atoms with E-state index in [0.29, 0.717) is 5.56 Å². The van der Waals surface area contributed by atoms with Crippen LogP contribution >= 0.6 is 0 Å². The molecule has 0 amide bonds. The molecule has 1 aliphatic rings. The van der Waals surface area contributed by atoms with Crippen molar-refractivity contribution < 1.29 is 92.9 Å². The smallest absolute Gasteiger partial charge is 0.426 e. The lowest BCUT2D eigenvalue weighted by Gasteiger charge is -2.45. The van der Waals surface area contributed by atoms with Gasteiger partial charge in [0.05, 0.1) is 5.92 Å². The zero-order valence-electron chi connectivity index (χ0n) is 27.2. The number of ether oxygens (including phenoxy) is 1. The number of benzene rings is 1. The van der Waals surface area contributed by atoms with E-state index in [0.717, 1.165) is 31.2 Å². The van der Waals surface area contributed by atoms with Crippen molar-refractivity contribution in [2.45, 2.75) is 112 Å². The normalized spacial score (nSPS) is 18.8. The largest absolute Gasteiger partial charge is 0.460 e. The Balaban J connectivity index is 1.73. The third kappa shape index (κ3) is 7.39. The molecule has 4 nitrogen and oxygen atoms in total. The standard InChI is InChI=1S/C31H27F19N2O2/c1-2-3-4-5-16-14-51-21(52-15-16)17-8-12-20(13-9-17)54-22(53)18-6-10-19(11-7-18)23(32,33)24(34,35)25(36,37)26(38,39)27(40,41)28(42,43)29(44,45)30(46,47)31(48,49)50/h8-9,12-15,18-19H,2-7,10-11H2,1H3/t18-,19-. The summed E-state index contributed by atoms with van der Waals surface area (Å²) in [5.74, 6) is -72.6. The number of rotatable bonds is 15. The second-order valence-electron chi connectivity index (χ2n) is 12.5. The second-order valence-corrected chi connectivity index (χ2v) is 12.5. The summed E-state index contributed by atoms with van der Waals surface area (Å²) in [4.78, 5) is 21.0. The SMILES string of the molecule is CCCCCc1cnc(-c2ccc(OC(=O)[C@H]3CC[C@H](C(F)(F)C(F)(F)C(F)(F)C(F)(F)C(F)(F)C(F)(F)C(F)(F)C(F)(F)C(F)(F)F)CC3)cc2)nc1. The van der Waals surface area contributed by atoms with E-state index in [2.05, 4.69) is 9.97 Å². The van der Waals surface area contributed by atoms with Crippen molar-refractivity contribution in [3.8, 4) is 17.1 Å². The van der Waals surface area contributed by atoms with Crippen LogP contribution in [0.3, 0.4) is 0 Å². The highest BCUT2D eigenvalue weighted by atomic mass is 19.4. The summed E-state index contributed by atoms with van der Waals surface area (Å²) < 4.78 is 265. The predicted octanol–water partition coefficient (Wildman–Crippen LogP) is 11.2. The van der Waals surface area contributed by atoms with Crippen LogP contribution in [-0.4, -0.2) is 69.5 Å². The van der Waals surface area contributed by atoms with E-state index in [4.69, 9.17) is 4.74 Å². The maximum atomic E-state index is 14.8. The number of hydrogen-bond donors (Lipinski definition) is 0. The number of carbonyl (C=O) groups is 1. The lowest BCUT2D eigenvalue weighted by atomic mass is 9.75. The Morgan fingerprint density at radius 3 is 1.46 bits per heavy atom. The molecule has 1 saturated carbocycles. The minimum Gasteiger partial charge on any atom is -0.426 e. The van der Waals surface area contributed by atoms with Gasteiger partial charge in [0.1, 0.15) is 5.75 Å². The highest BCUT2D eigenvalue weighted by molar-refractivity contribution is 5.75. The van der Waals surface area contributed by atoms with Crippen molar-refractivity contribution >= 4 is 5.97 Å². The van der Waals surface area contributed by atoms with E-state index < -0.39 is 97.0 Å². The third-order valence-corrected chi connectivity index (χ3v) is 8.82. The van der Waals surface area contributed by atoms with Gasteiger partial charge >= 0.3 is 59.5 Å². The van der Waals surface area contributed by atoms with Gasteiger partial charge in [0, 0.05) is 23.9 Å². The van der Waals surface area contributed by atoms with Gasteiger partial charge < -0.3 is 4.74 Å². The number of aryl methyl sites for hydroxylation is 1. The molecular formula is C31H27F19N2O2. The van der Waals surface area contributed by atoms with Crippen LogP contribution in [0.25, 0.3) is 11.4 Å². The van der Waals surface area contributed by atoms with E-state index in [1.54, 1.807) is 12.4 Å². The van der Waals surface area contributed by atoms with Gasteiger partial charge in [-0.15, -0.1) is 0 Å². The summed E-state index contributed by atoms with van der Waals surface area (Å²) in [6.07, 6.45) is -5.79. The molecule has 0 radical (unpaired) electrons. The zero-order chi connectivity index (χ0) is 41.6. The average Bonchev–Trinajstić information content (AvgIpc) is 3.08. The Morgan fingerprint density at radius 2 is 1.04 bits per heavy atom. The van der Waals surface area contributed by atoms with Gasteiger partial charge in [-0.1, -0.05) is 19.8 Å². The van der Waals surface area contributed by atoms with Gasteiger partial charge in [0.2, 0.25) is 0 Å². The van der Waals surface area contributed by atoms with Crippen LogP contribution in [0, 0.1) is 11.8 Å². The summed E-state index contributed by atoms with van der Waals surface area (Å²) in [6.45, 7) is 2.03. The van der Waals surface area contributed by atoms with E-state index in [1.165, 1.54) is 24.3 Å². The quantitative estimate of drug-likeness (QED) is 0.0777. The van der Waals surface area contributed by atoms with Gasteiger partial charge in [-0.2, -0.15) is 83.4 Å². The van der Waals surface area contributed by atoms with Crippen molar-refractivity contribution in [2.75, 3.05) is 0 Å². The van der Waals surface area contributed by atoms with Crippen LogP contribution in [0.15, 0.2) is 36.7 Å². The Kier molecular flexibility index (Phi) is 12.3.